The van der Waals surface area contributed by atoms with Gasteiger partial charge in [-0.1, -0.05) is 30.3 Å². The van der Waals surface area contributed by atoms with Crippen LogP contribution in [-0.2, 0) is 6.54 Å². The quantitative estimate of drug-likeness (QED) is 0.544. The summed E-state index contributed by atoms with van der Waals surface area (Å²) in [6.45, 7) is 0.781. The van der Waals surface area contributed by atoms with Crippen molar-refractivity contribution in [1.29, 1.82) is 0 Å². The van der Waals surface area contributed by atoms with E-state index in [4.69, 9.17) is 4.74 Å². The molecular formula is C17H16N2O2. The Bertz CT molecular complexity index is 736. The molecule has 2 heterocycles. The summed E-state index contributed by atoms with van der Waals surface area (Å²) in [6, 6.07) is 15.5. The third kappa shape index (κ3) is 2.89. The fraction of sp³-hybridized carbons (Fsp3) is 0.118. The summed E-state index contributed by atoms with van der Waals surface area (Å²) >= 11 is 0. The van der Waals surface area contributed by atoms with E-state index in [1.54, 1.807) is 19.2 Å². The summed E-state index contributed by atoms with van der Waals surface area (Å²) < 4.78 is 8.09. The van der Waals surface area contributed by atoms with Crippen LogP contribution in [0.3, 0.4) is 0 Å². The highest BCUT2D eigenvalue weighted by Gasteiger charge is 2.12. The zero-order valence-electron chi connectivity index (χ0n) is 11.8. The van der Waals surface area contributed by atoms with Gasteiger partial charge in [0.1, 0.15) is 5.75 Å². The van der Waals surface area contributed by atoms with Crippen molar-refractivity contribution in [1.82, 2.24) is 4.57 Å². The first-order valence-electron chi connectivity index (χ1n) is 6.73. The summed E-state index contributed by atoms with van der Waals surface area (Å²) in [5, 5.41) is 11.9. The van der Waals surface area contributed by atoms with Gasteiger partial charge in [0.05, 0.1) is 18.7 Å². The lowest BCUT2D eigenvalue weighted by molar-refractivity contribution is -0.593. The molecule has 0 fully saturated rings. The SMILES string of the molecule is COc1cc[n+]([O-])c(-c2ccn(Cc3ccccc3)c2)c1. The summed E-state index contributed by atoms with van der Waals surface area (Å²) in [6.07, 6.45) is 5.40. The summed E-state index contributed by atoms with van der Waals surface area (Å²) in [5.74, 6) is 0.674. The number of rotatable bonds is 4. The van der Waals surface area contributed by atoms with Crippen LogP contribution in [0, 0.1) is 5.21 Å². The minimum absolute atomic E-state index is 0.584. The van der Waals surface area contributed by atoms with E-state index in [9.17, 15) is 5.21 Å². The average Bonchev–Trinajstić information content (AvgIpc) is 2.97. The smallest absolute Gasteiger partial charge is 0.229 e. The molecule has 4 nitrogen and oxygen atoms in total. The van der Waals surface area contributed by atoms with E-state index in [0.29, 0.717) is 11.4 Å². The van der Waals surface area contributed by atoms with Gasteiger partial charge in [0.2, 0.25) is 5.69 Å². The van der Waals surface area contributed by atoms with Gasteiger partial charge in [0.15, 0.2) is 6.20 Å². The lowest BCUT2D eigenvalue weighted by atomic mass is 10.2. The van der Waals surface area contributed by atoms with Gasteiger partial charge in [-0.05, 0) is 11.6 Å². The third-order valence-electron chi connectivity index (χ3n) is 3.38. The molecule has 4 heteroatoms. The van der Waals surface area contributed by atoms with Gasteiger partial charge >= 0.3 is 0 Å². The van der Waals surface area contributed by atoms with E-state index in [0.717, 1.165) is 16.8 Å². The van der Waals surface area contributed by atoms with E-state index in [-0.39, 0.29) is 0 Å². The summed E-state index contributed by atoms with van der Waals surface area (Å²) in [4.78, 5) is 0. The standard InChI is InChI=1S/C17H16N2O2/c1-21-16-8-10-19(20)17(11-16)15-7-9-18(13-15)12-14-5-3-2-4-6-14/h2-11,13H,12H2,1H3. The van der Waals surface area contributed by atoms with Crippen molar-refractivity contribution in [2.45, 2.75) is 6.54 Å². The van der Waals surface area contributed by atoms with Gasteiger partial charge in [-0.15, -0.1) is 0 Å². The molecular weight excluding hydrogens is 264 g/mol. The number of methoxy groups -OCH3 is 1. The molecule has 1 aromatic carbocycles. The zero-order valence-corrected chi connectivity index (χ0v) is 11.8. The largest absolute Gasteiger partial charge is 0.618 e. The van der Waals surface area contributed by atoms with Gasteiger partial charge in [0, 0.05) is 25.0 Å². The van der Waals surface area contributed by atoms with E-state index in [1.165, 1.54) is 11.8 Å². The Morgan fingerprint density at radius 2 is 1.95 bits per heavy atom. The van der Waals surface area contributed by atoms with Crippen molar-refractivity contribution in [2.24, 2.45) is 0 Å². The zero-order chi connectivity index (χ0) is 14.7. The van der Waals surface area contributed by atoms with Crippen LogP contribution < -0.4 is 9.47 Å². The maximum atomic E-state index is 11.9. The van der Waals surface area contributed by atoms with Crippen LogP contribution in [0.5, 0.6) is 5.75 Å². The molecule has 0 saturated carbocycles. The molecule has 21 heavy (non-hydrogen) atoms. The highest BCUT2D eigenvalue weighted by Crippen LogP contribution is 2.20. The first-order valence-corrected chi connectivity index (χ1v) is 6.73. The van der Waals surface area contributed by atoms with Crippen molar-refractivity contribution in [3.05, 3.63) is 77.9 Å². The maximum absolute atomic E-state index is 11.9. The predicted molar refractivity (Wildman–Crippen MR) is 80.9 cm³/mol. The number of pyridine rings is 1. The fourth-order valence-electron chi connectivity index (χ4n) is 2.29. The van der Waals surface area contributed by atoms with Crippen LogP contribution >= 0.6 is 0 Å². The molecule has 106 valence electrons. The summed E-state index contributed by atoms with van der Waals surface area (Å²) in [5.41, 5.74) is 2.68. The number of benzene rings is 1. The molecule has 0 aliphatic heterocycles. The number of hydrogen-bond donors (Lipinski definition) is 0. The Hall–Kier alpha value is -2.75. The fourth-order valence-corrected chi connectivity index (χ4v) is 2.29. The normalized spacial score (nSPS) is 10.5. The molecule has 0 spiro atoms. The topological polar surface area (TPSA) is 41.1 Å². The second kappa shape index (κ2) is 5.71. The molecule has 0 atom stereocenters. The van der Waals surface area contributed by atoms with Crippen molar-refractivity contribution < 1.29 is 9.47 Å². The number of ether oxygens (including phenoxy) is 1. The summed E-state index contributed by atoms with van der Waals surface area (Å²) in [7, 11) is 1.59. The molecule has 0 unspecified atom stereocenters. The van der Waals surface area contributed by atoms with E-state index in [1.807, 2.05) is 36.7 Å². The predicted octanol–water partition coefficient (Wildman–Crippen LogP) is 2.85. The van der Waals surface area contributed by atoms with E-state index < -0.39 is 0 Å². The molecule has 0 bridgehead atoms. The second-order valence-corrected chi connectivity index (χ2v) is 4.84. The molecule has 0 saturated heterocycles. The molecule has 0 aliphatic rings. The Morgan fingerprint density at radius 3 is 2.71 bits per heavy atom. The van der Waals surface area contributed by atoms with Crippen LogP contribution in [0.2, 0.25) is 0 Å². The molecule has 2 aromatic heterocycles. The van der Waals surface area contributed by atoms with Crippen molar-refractivity contribution >= 4 is 0 Å². The maximum Gasteiger partial charge on any atom is 0.229 e. The Balaban J connectivity index is 1.88. The number of hydrogen-bond acceptors (Lipinski definition) is 2. The molecule has 3 rings (SSSR count). The minimum Gasteiger partial charge on any atom is -0.618 e. The van der Waals surface area contributed by atoms with Crippen LogP contribution in [0.15, 0.2) is 67.1 Å². The van der Waals surface area contributed by atoms with Crippen molar-refractivity contribution in [3.8, 4) is 17.0 Å². The molecule has 0 radical (unpaired) electrons. The van der Waals surface area contributed by atoms with Gasteiger partial charge < -0.3 is 14.5 Å². The van der Waals surface area contributed by atoms with E-state index in [2.05, 4.69) is 16.7 Å². The molecule has 0 aliphatic carbocycles. The van der Waals surface area contributed by atoms with E-state index >= 15 is 0 Å². The molecule has 0 N–H and O–H groups in total. The molecule has 3 aromatic rings. The van der Waals surface area contributed by atoms with Gasteiger partial charge in [-0.25, -0.2) is 0 Å². The highest BCUT2D eigenvalue weighted by molar-refractivity contribution is 5.57. The molecule has 0 amide bonds. The minimum atomic E-state index is 0.584. The number of aromatic nitrogens is 2. The Kier molecular flexibility index (Phi) is 3.60. The van der Waals surface area contributed by atoms with Crippen LogP contribution in [-0.4, -0.2) is 11.7 Å². The van der Waals surface area contributed by atoms with Gasteiger partial charge in [-0.3, -0.25) is 0 Å². The third-order valence-corrected chi connectivity index (χ3v) is 3.38. The van der Waals surface area contributed by atoms with Crippen molar-refractivity contribution in [3.63, 3.8) is 0 Å². The second-order valence-electron chi connectivity index (χ2n) is 4.84. The first-order chi connectivity index (χ1) is 10.3. The number of nitrogens with zero attached hydrogens (tertiary/aromatic N) is 2. The monoisotopic (exact) mass is 280 g/mol. The van der Waals surface area contributed by atoms with Crippen LogP contribution in [0.25, 0.3) is 11.3 Å². The lowest BCUT2D eigenvalue weighted by Crippen LogP contribution is -2.28. The van der Waals surface area contributed by atoms with Gasteiger partial charge in [-0.2, -0.15) is 4.73 Å². The average molecular weight is 280 g/mol. The van der Waals surface area contributed by atoms with Crippen LogP contribution in [0.1, 0.15) is 5.56 Å². The first kappa shape index (κ1) is 13.2. The highest BCUT2D eigenvalue weighted by atomic mass is 16.5. The van der Waals surface area contributed by atoms with Crippen LogP contribution in [0.4, 0.5) is 0 Å². The van der Waals surface area contributed by atoms with Gasteiger partial charge in [0.25, 0.3) is 0 Å². The lowest BCUT2D eigenvalue weighted by Gasteiger charge is -2.05. The Labute approximate surface area is 123 Å². The Morgan fingerprint density at radius 1 is 1.14 bits per heavy atom. The van der Waals surface area contributed by atoms with Crippen molar-refractivity contribution in [2.75, 3.05) is 7.11 Å².